The first kappa shape index (κ1) is 16.3. The van der Waals surface area contributed by atoms with Gasteiger partial charge in [-0.05, 0) is 24.8 Å². The number of nitrogens with two attached hydrogens (primary N) is 1. The molecule has 0 aliphatic rings. The van der Waals surface area contributed by atoms with Crippen LogP contribution in [0.4, 0.5) is 13.2 Å². The van der Waals surface area contributed by atoms with Gasteiger partial charge in [0.05, 0.1) is 0 Å². The van der Waals surface area contributed by atoms with Gasteiger partial charge in [0.25, 0.3) is 0 Å². The fourth-order valence-electron chi connectivity index (χ4n) is 1.49. The van der Waals surface area contributed by atoms with Crippen molar-refractivity contribution in [3.63, 3.8) is 0 Å². The lowest BCUT2D eigenvalue weighted by atomic mass is 9.98. The zero-order chi connectivity index (χ0) is 12.3. The average molecular weight is 268 g/mol. The van der Waals surface area contributed by atoms with E-state index in [1.807, 2.05) is 13.8 Å². The number of hydrogen-bond acceptors (Lipinski definition) is 1. The van der Waals surface area contributed by atoms with Gasteiger partial charge in [-0.2, -0.15) is 0 Å². The first-order valence-electron chi connectivity index (χ1n) is 5.31. The first-order chi connectivity index (χ1) is 7.41. The second-order valence-corrected chi connectivity index (χ2v) is 4.37. The summed E-state index contributed by atoms with van der Waals surface area (Å²) in [5, 5.41) is 0. The van der Waals surface area contributed by atoms with Gasteiger partial charge in [0.2, 0.25) is 0 Å². The molecular weight excluding hydrogens is 251 g/mol. The molecule has 0 saturated carbocycles. The quantitative estimate of drug-likeness (QED) is 0.821. The number of benzene rings is 1. The Morgan fingerprint density at radius 1 is 1.00 bits per heavy atom. The standard InChI is InChI=1S/C12H16F3N.ClH/c1-7(2)3-4-12(16)8-5-10(14)11(15)6-9(8)13;/h5-7,12H,3-4,16H2,1-2H3;1H/t12-;/m0./s1. The van der Waals surface area contributed by atoms with E-state index in [1.165, 1.54) is 0 Å². The van der Waals surface area contributed by atoms with Crippen LogP contribution in [0.5, 0.6) is 0 Å². The molecule has 98 valence electrons. The van der Waals surface area contributed by atoms with Crippen molar-refractivity contribution >= 4 is 12.4 Å². The van der Waals surface area contributed by atoms with E-state index in [0.717, 1.165) is 12.5 Å². The predicted molar refractivity (Wildman–Crippen MR) is 64.6 cm³/mol. The monoisotopic (exact) mass is 267 g/mol. The summed E-state index contributed by atoms with van der Waals surface area (Å²) in [5.74, 6) is -2.58. The van der Waals surface area contributed by atoms with Crippen LogP contribution in [0.15, 0.2) is 12.1 Å². The fraction of sp³-hybridized carbons (Fsp3) is 0.500. The molecule has 0 aromatic heterocycles. The molecule has 1 aromatic carbocycles. The van der Waals surface area contributed by atoms with E-state index >= 15 is 0 Å². The summed E-state index contributed by atoms with van der Waals surface area (Å²) in [6, 6.07) is 0.799. The highest BCUT2D eigenvalue weighted by molar-refractivity contribution is 5.85. The highest BCUT2D eigenvalue weighted by Crippen LogP contribution is 2.23. The van der Waals surface area contributed by atoms with E-state index in [4.69, 9.17) is 5.73 Å². The Bertz CT molecular complexity index is 369. The lowest BCUT2D eigenvalue weighted by Gasteiger charge is -2.14. The highest BCUT2D eigenvalue weighted by atomic mass is 35.5. The maximum Gasteiger partial charge on any atom is 0.161 e. The van der Waals surface area contributed by atoms with E-state index in [9.17, 15) is 13.2 Å². The first-order valence-corrected chi connectivity index (χ1v) is 5.31. The fourth-order valence-corrected chi connectivity index (χ4v) is 1.49. The zero-order valence-corrected chi connectivity index (χ0v) is 10.7. The molecule has 0 radical (unpaired) electrons. The molecule has 5 heteroatoms. The van der Waals surface area contributed by atoms with Crippen LogP contribution in [0.1, 0.15) is 38.3 Å². The van der Waals surface area contributed by atoms with E-state index in [2.05, 4.69) is 0 Å². The van der Waals surface area contributed by atoms with Crippen molar-refractivity contribution in [2.24, 2.45) is 11.7 Å². The summed E-state index contributed by atoms with van der Waals surface area (Å²) in [7, 11) is 0. The third kappa shape index (κ3) is 4.56. The van der Waals surface area contributed by atoms with Crippen LogP contribution in [-0.2, 0) is 0 Å². The minimum Gasteiger partial charge on any atom is -0.324 e. The summed E-state index contributed by atoms with van der Waals surface area (Å²) < 4.78 is 38.9. The van der Waals surface area contributed by atoms with Gasteiger partial charge in [-0.25, -0.2) is 13.2 Å². The molecule has 1 aromatic rings. The van der Waals surface area contributed by atoms with Crippen molar-refractivity contribution < 1.29 is 13.2 Å². The highest BCUT2D eigenvalue weighted by Gasteiger charge is 2.15. The predicted octanol–water partition coefficient (Wildman–Crippen LogP) is 3.96. The van der Waals surface area contributed by atoms with Crippen LogP contribution >= 0.6 is 12.4 Å². The Hall–Kier alpha value is -0.740. The molecule has 0 amide bonds. The second kappa shape index (κ2) is 6.87. The lowest BCUT2D eigenvalue weighted by molar-refractivity contribution is 0.466. The van der Waals surface area contributed by atoms with Crippen molar-refractivity contribution in [3.8, 4) is 0 Å². The van der Waals surface area contributed by atoms with Gasteiger partial charge in [-0.15, -0.1) is 12.4 Å². The summed E-state index contributed by atoms with van der Waals surface area (Å²) in [6.45, 7) is 4.04. The van der Waals surface area contributed by atoms with Gasteiger partial charge >= 0.3 is 0 Å². The van der Waals surface area contributed by atoms with Gasteiger partial charge in [0.15, 0.2) is 11.6 Å². The van der Waals surface area contributed by atoms with Crippen LogP contribution in [0.25, 0.3) is 0 Å². The topological polar surface area (TPSA) is 26.0 Å². The lowest BCUT2D eigenvalue weighted by Crippen LogP contribution is -2.14. The smallest absolute Gasteiger partial charge is 0.161 e. The molecule has 0 aliphatic heterocycles. The van der Waals surface area contributed by atoms with E-state index < -0.39 is 23.5 Å². The van der Waals surface area contributed by atoms with Gasteiger partial charge in [-0.1, -0.05) is 13.8 Å². The summed E-state index contributed by atoms with van der Waals surface area (Å²) in [4.78, 5) is 0. The van der Waals surface area contributed by atoms with E-state index in [-0.39, 0.29) is 18.0 Å². The molecule has 1 rings (SSSR count). The second-order valence-electron chi connectivity index (χ2n) is 4.37. The summed E-state index contributed by atoms with van der Waals surface area (Å²) in [5.41, 5.74) is 5.78. The Morgan fingerprint density at radius 3 is 2.06 bits per heavy atom. The van der Waals surface area contributed by atoms with Crippen molar-refractivity contribution in [2.75, 3.05) is 0 Å². The largest absolute Gasteiger partial charge is 0.324 e. The van der Waals surface area contributed by atoms with E-state index in [0.29, 0.717) is 18.4 Å². The molecule has 0 aliphatic carbocycles. The normalized spacial score (nSPS) is 12.4. The molecule has 1 nitrogen and oxygen atoms in total. The maximum absolute atomic E-state index is 13.3. The van der Waals surface area contributed by atoms with Crippen LogP contribution in [-0.4, -0.2) is 0 Å². The molecule has 0 heterocycles. The minimum atomic E-state index is -1.18. The number of hydrogen-bond donors (Lipinski definition) is 1. The molecule has 17 heavy (non-hydrogen) atoms. The molecule has 1 atom stereocenters. The van der Waals surface area contributed by atoms with E-state index in [1.54, 1.807) is 0 Å². The number of halogens is 4. The SMILES string of the molecule is CC(C)CC[C@H](N)c1cc(F)c(F)cc1F.Cl. The van der Waals surface area contributed by atoms with Gasteiger partial charge in [0, 0.05) is 17.7 Å². The molecule has 0 unspecified atom stereocenters. The van der Waals surface area contributed by atoms with Crippen LogP contribution in [0, 0.1) is 23.4 Å². The summed E-state index contributed by atoms with van der Waals surface area (Å²) >= 11 is 0. The maximum atomic E-state index is 13.3. The van der Waals surface area contributed by atoms with Gasteiger partial charge < -0.3 is 5.73 Å². The van der Waals surface area contributed by atoms with Crippen molar-refractivity contribution in [3.05, 3.63) is 35.1 Å². The van der Waals surface area contributed by atoms with Crippen LogP contribution in [0.3, 0.4) is 0 Å². The summed E-state index contributed by atoms with van der Waals surface area (Å²) in [6.07, 6.45) is 1.37. The third-order valence-electron chi connectivity index (χ3n) is 2.49. The molecular formula is C12H17ClF3N. The number of rotatable bonds is 4. The Balaban J connectivity index is 0.00000256. The van der Waals surface area contributed by atoms with Gasteiger partial charge in [-0.3, -0.25) is 0 Å². The van der Waals surface area contributed by atoms with Crippen molar-refractivity contribution in [2.45, 2.75) is 32.7 Å². The van der Waals surface area contributed by atoms with Crippen LogP contribution in [0.2, 0.25) is 0 Å². The van der Waals surface area contributed by atoms with Crippen molar-refractivity contribution in [1.29, 1.82) is 0 Å². The molecule has 0 saturated heterocycles. The molecule has 0 fully saturated rings. The minimum absolute atomic E-state index is 0. The van der Waals surface area contributed by atoms with Crippen molar-refractivity contribution in [1.82, 2.24) is 0 Å². The molecule has 2 N–H and O–H groups in total. The molecule has 0 bridgehead atoms. The zero-order valence-electron chi connectivity index (χ0n) is 9.84. The average Bonchev–Trinajstić information content (AvgIpc) is 2.20. The molecule has 0 spiro atoms. The van der Waals surface area contributed by atoms with Gasteiger partial charge in [0.1, 0.15) is 5.82 Å². The Kier molecular flexibility index (Phi) is 6.57. The third-order valence-corrected chi connectivity index (χ3v) is 2.49. The Morgan fingerprint density at radius 2 is 1.53 bits per heavy atom. The van der Waals surface area contributed by atoms with Crippen LogP contribution < -0.4 is 5.73 Å². The Labute approximate surface area is 106 Å².